The fourth-order valence-electron chi connectivity index (χ4n) is 3.14. The number of aryl methyl sites for hydroxylation is 1. The quantitative estimate of drug-likeness (QED) is 0.741. The highest BCUT2D eigenvalue weighted by atomic mass is 32.1. The summed E-state index contributed by atoms with van der Waals surface area (Å²) in [6, 6.07) is 8.49. The highest BCUT2D eigenvalue weighted by Gasteiger charge is 2.14. The van der Waals surface area contributed by atoms with E-state index in [1.165, 1.54) is 24.8 Å². The predicted octanol–water partition coefficient (Wildman–Crippen LogP) is 2.74. The van der Waals surface area contributed by atoms with Crippen molar-refractivity contribution in [3.8, 4) is 5.69 Å². The maximum absolute atomic E-state index is 5.60. The number of aromatic nitrogens is 4. The van der Waals surface area contributed by atoms with Crippen LogP contribution < -0.4 is 0 Å². The SMILES string of the molecule is CCCCc1ccc(-n2nnn(CN3CCCN(C)CC3)c2=S)cc1. The molecule has 0 aliphatic carbocycles. The van der Waals surface area contributed by atoms with Crippen LogP contribution >= 0.6 is 12.2 Å². The first kappa shape index (κ1) is 18.2. The highest BCUT2D eigenvalue weighted by Crippen LogP contribution is 2.12. The zero-order valence-electron chi connectivity index (χ0n) is 15.3. The molecule has 1 aromatic heterocycles. The van der Waals surface area contributed by atoms with Crippen molar-refractivity contribution in [2.45, 2.75) is 39.3 Å². The molecular formula is C18H28N6S. The van der Waals surface area contributed by atoms with Crippen LogP contribution in [0.1, 0.15) is 31.7 Å². The zero-order chi connectivity index (χ0) is 17.6. The van der Waals surface area contributed by atoms with Gasteiger partial charge in [-0.25, -0.2) is 4.68 Å². The maximum atomic E-state index is 5.60. The normalized spacial score (nSPS) is 16.9. The molecule has 1 fully saturated rings. The number of rotatable bonds is 6. The molecule has 2 heterocycles. The topological polar surface area (TPSA) is 42.1 Å². The van der Waals surface area contributed by atoms with E-state index in [-0.39, 0.29) is 0 Å². The fraction of sp³-hybridized carbons (Fsp3) is 0.611. The summed E-state index contributed by atoms with van der Waals surface area (Å²) in [7, 11) is 2.18. The Kier molecular flexibility index (Phi) is 6.34. The first-order valence-electron chi connectivity index (χ1n) is 9.20. The van der Waals surface area contributed by atoms with E-state index in [4.69, 9.17) is 12.2 Å². The van der Waals surface area contributed by atoms with Crippen LogP contribution in [0.4, 0.5) is 0 Å². The smallest absolute Gasteiger partial charge is 0.221 e. The van der Waals surface area contributed by atoms with E-state index >= 15 is 0 Å². The molecule has 1 aliphatic heterocycles. The van der Waals surface area contributed by atoms with Crippen LogP contribution in [-0.4, -0.2) is 62.8 Å². The maximum Gasteiger partial charge on any atom is 0.221 e. The van der Waals surface area contributed by atoms with Gasteiger partial charge < -0.3 is 4.90 Å². The minimum atomic E-state index is 0.652. The van der Waals surface area contributed by atoms with Crippen molar-refractivity contribution in [2.75, 3.05) is 33.2 Å². The summed E-state index contributed by atoms with van der Waals surface area (Å²) in [5.74, 6) is 0. The van der Waals surface area contributed by atoms with Gasteiger partial charge in [0.05, 0.1) is 12.4 Å². The van der Waals surface area contributed by atoms with Gasteiger partial charge in [0.1, 0.15) is 0 Å². The molecular weight excluding hydrogens is 332 g/mol. The number of nitrogens with zero attached hydrogens (tertiary/aromatic N) is 6. The molecule has 1 aliphatic rings. The van der Waals surface area contributed by atoms with E-state index in [0.29, 0.717) is 11.4 Å². The summed E-state index contributed by atoms with van der Waals surface area (Å²) in [5, 5.41) is 8.55. The van der Waals surface area contributed by atoms with Gasteiger partial charge in [-0.1, -0.05) is 25.5 Å². The molecule has 2 aromatic rings. The molecule has 1 aromatic carbocycles. The van der Waals surface area contributed by atoms with Crippen LogP contribution in [0, 0.1) is 4.77 Å². The Bertz CT molecular complexity index is 720. The van der Waals surface area contributed by atoms with Crippen molar-refractivity contribution in [1.82, 2.24) is 29.6 Å². The molecule has 0 spiro atoms. The van der Waals surface area contributed by atoms with Crippen molar-refractivity contribution in [2.24, 2.45) is 0 Å². The molecule has 6 nitrogen and oxygen atoms in total. The number of likely N-dealkylation sites (N-methyl/N-ethyl adjacent to an activating group) is 1. The minimum Gasteiger partial charge on any atom is -0.305 e. The van der Waals surface area contributed by atoms with Gasteiger partial charge in [0.25, 0.3) is 0 Å². The lowest BCUT2D eigenvalue weighted by Crippen LogP contribution is -2.31. The first-order valence-corrected chi connectivity index (χ1v) is 9.61. The average Bonchev–Trinajstić information content (AvgIpc) is 2.85. The Labute approximate surface area is 155 Å². The van der Waals surface area contributed by atoms with Crippen molar-refractivity contribution in [3.63, 3.8) is 0 Å². The largest absolute Gasteiger partial charge is 0.305 e. The first-order chi connectivity index (χ1) is 12.2. The van der Waals surface area contributed by atoms with Crippen LogP contribution in [0.2, 0.25) is 0 Å². The van der Waals surface area contributed by atoms with Crippen LogP contribution in [0.15, 0.2) is 24.3 Å². The van der Waals surface area contributed by atoms with Gasteiger partial charge in [0.15, 0.2) is 0 Å². The van der Waals surface area contributed by atoms with Crippen molar-refractivity contribution in [1.29, 1.82) is 0 Å². The summed E-state index contributed by atoms with van der Waals surface area (Å²) in [4.78, 5) is 4.77. The Balaban J connectivity index is 1.69. The third kappa shape index (κ3) is 4.74. The van der Waals surface area contributed by atoms with Crippen molar-refractivity contribution >= 4 is 12.2 Å². The standard InChI is InChI=1S/C18H28N6S/c1-3-4-6-16-7-9-17(10-8-16)24-18(25)23(19-20-24)15-22-12-5-11-21(2)13-14-22/h7-10H,3-6,11-15H2,1-2H3. The van der Waals surface area contributed by atoms with Crippen LogP contribution in [-0.2, 0) is 13.1 Å². The van der Waals surface area contributed by atoms with Gasteiger partial charge in [0.2, 0.25) is 4.77 Å². The van der Waals surface area contributed by atoms with Crippen molar-refractivity contribution in [3.05, 3.63) is 34.6 Å². The molecule has 3 rings (SSSR count). The van der Waals surface area contributed by atoms with Gasteiger partial charge in [-0.15, -0.1) is 0 Å². The molecule has 0 amide bonds. The zero-order valence-corrected chi connectivity index (χ0v) is 16.1. The van der Waals surface area contributed by atoms with Crippen LogP contribution in [0.3, 0.4) is 0 Å². The Hall–Kier alpha value is -1.57. The summed E-state index contributed by atoms with van der Waals surface area (Å²) >= 11 is 5.60. The molecule has 0 radical (unpaired) electrons. The molecule has 136 valence electrons. The highest BCUT2D eigenvalue weighted by molar-refractivity contribution is 7.71. The number of unbranched alkanes of at least 4 members (excludes halogenated alkanes) is 1. The van der Waals surface area contributed by atoms with Crippen LogP contribution in [0.25, 0.3) is 5.69 Å². The molecule has 0 bridgehead atoms. The van der Waals surface area contributed by atoms with Crippen molar-refractivity contribution < 1.29 is 0 Å². The second-order valence-electron chi connectivity index (χ2n) is 6.86. The van der Waals surface area contributed by atoms with Gasteiger partial charge in [-0.05, 0) is 73.2 Å². The van der Waals surface area contributed by atoms with E-state index in [1.54, 1.807) is 4.68 Å². The number of hydrogen-bond acceptors (Lipinski definition) is 5. The lowest BCUT2D eigenvalue weighted by atomic mass is 10.1. The number of benzene rings is 1. The van der Waals surface area contributed by atoms with E-state index in [9.17, 15) is 0 Å². The van der Waals surface area contributed by atoms with Crippen LogP contribution in [0.5, 0.6) is 0 Å². The third-order valence-electron chi connectivity index (χ3n) is 4.79. The molecule has 0 atom stereocenters. The molecule has 0 unspecified atom stereocenters. The van der Waals surface area contributed by atoms with Gasteiger partial charge in [-0.2, -0.15) is 4.68 Å². The summed E-state index contributed by atoms with van der Waals surface area (Å²) in [6.07, 6.45) is 4.74. The lowest BCUT2D eigenvalue weighted by Gasteiger charge is -2.19. The summed E-state index contributed by atoms with van der Waals surface area (Å²) in [6.45, 7) is 7.28. The summed E-state index contributed by atoms with van der Waals surface area (Å²) < 4.78 is 4.23. The van der Waals surface area contributed by atoms with E-state index in [2.05, 4.69) is 58.5 Å². The fourth-order valence-corrected chi connectivity index (χ4v) is 3.38. The monoisotopic (exact) mass is 360 g/mol. The van der Waals surface area contributed by atoms with Gasteiger partial charge >= 0.3 is 0 Å². The molecule has 25 heavy (non-hydrogen) atoms. The molecule has 0 N–H and O–H groups in total. The molecule has 0 saturated carbocycles. The third-order valence-corrected chi connectivity index (χ3v) is 5.17. The Morgan fingerprint density at radius 2 is 1.84 bits per heavy atom. The number of tetrazole rings is 1. The second kappa shape index (κ2) is 8.69. The van der Waals surface area contributed by atoms with E-state index in [1.807, 2.05) is 4.68 Å². The van der Waals surface area contributed by atoms with E-state index in [0.717, 1.165) is 38.3 Å². The molecule has 1 saturated heterocycles. The lowest BCUT2D eigenvalue weighted by molar-refractivity contribution is 0.210. The summed E-state index contributed by atoms with van der Waals surface area (Å²) in [5.41, 5.74) is 2.34. The van der Waals surface area contributed by atoms with E-state index < -0.39 is 0 Å². The molecule has 7 heteroatoms. The van der Waals surface area contributed by atoms with Gasteiger partial charge in [-0.3, -0.25) is 4.90 Å². The second-order valence-corrected chi connectivity index (χ2v) is 7.22. The Morgan fingerprint density at radius 3 is 2.60 bits per heavy atom. The predicted molar refractivity (Wildman–Crippen MR) is 102 cm³/mol. The Morgan fingerprint density at radius 1 is 1.04 bits per heavy atom. The average molecular weight is 361 g/mol. The number of hydrogen-bond donors (Lipinski definition) is 0. The minimum absolute atomic E-state index is 0.652. The van der Waals surface area contributed by atoms with Gasteiger partial charge in [0, 0.05) is 19.6 Å².